The number of nitrogens with one attached hydrogen (secondary N) is 1. The summed E-state index contributed by atoms with van der Waals surface area (Å²) in [4.78, 5) is 12.2. The largest absolute Gasteiger partial charge is 0.369 e. The Morgan fingerprint density at radius 3 is 2.41 bits per heavy atom. The zero-order valence-corrected chi connectivity index (χ0v) is 13.6. The lowest BCUT2D eigenvalue weighted by Crippen LogP contribution is -2.30. The number of benzene rings is 2. The normalized spacial score (nSPS) is 12.0. The maximum Gasteiger partial charge on any atom is 0.221 e. The summed E-state index contributed by atoms with van der Waals surface area (Å²) in [7, 11) is 0. The van der Waals surface area contributed by atoms with E-state index in [9.17, 15) is 4.79 Å². The van der Waals surface area contributed by atoms with E-state index in [0.717, 1.165) is 12.3 Å². The number of thioether (sulfide) groups is 1. The van der Waals surface area contributed by atoms with Crippen LogP contribution in [0.1, 0.15) is 18.1 Å². The number of amides is 1. The highest BCUT2D eigenvalue weighted by molar-refractivity contribution is 7.98. The summed E-state index contributed by atoms with van der Waals surface area (Å²) < 4.78 is 0. The van der Waals surface area contributed by atoms with Crippen molar-refractivity contribution in [2.45, 2.75) is 24.1 Å². The van der Waals surface area contributed by atoms with Gasteiger partial charge in [0.25, 0.3) is 0 Å². The van der Waals surface area contributed by atoms with Crippen LogP contribution < -0.4 is 11.1 Å². The molecule has 1 atom stereocenters. The van der Waals surface area contributed by atoms with Crippen LogP contribution in [-0.4, -0.2) is 12.5 Å². The summed E-state index contributed by atoms with van der Waals surface area (Å²) in [6.07, 6.45) is 0. The van der Waals surface area contributed by atoms with E-state index in [0.29, 0.717) is 6.54 Å². The predicted octanol–water partition coefficient (Wildman–Crippen LogP) is 3.19. The van der Waals surface area contributed by atoms with Gasteiger partial charge in [-0.25, -0.2) is 0 Å². The number of hydrogen-bond donors (Lipinski definition) is 2. The van der Waals surface area contributed by atoms with Gasteiger partial charge in [-0.05, 0) is 23.3 Å². The molecule has 4 heteroatoms. The van der Waals surface area contributed by atoms with E-state index in [-0.39, 0.29) is 11.8 Å². The molecule has 2 aromatic rings. The second-order valence-electron chi connectivity index (χ2n) is 5.35. The fourth-order valence-corrected chi connectivity index (χ4v) is 2.83. The minimum atomic E-state index is -0.264. The Hall–Kier alpha value is -1.78. The van der Waals surface area contributed by atoms with Crippen LogP contribution in [0.25, 0.3) is 0 Å². The third-order valence-corrected chi connectivity index (χ3v) is 4.52. The third kappa shape index (κ3) is 5.54. The van der Waals surface area contributed by atoms with Crippen LogP contribution in [0, 0.1) is 5.92 Å². The summed E-state index contributed by atoms with van der Waals surface area (Å²) in [5.41, 5.74) is 7.78. The minimum absolute atomic E-state index is 0.138. The highest BCUT2D eigenvalue weighted by Crippen LogP contribution is 2.22. The molecule has 0 heterocycles. The number of nitrogens with two attached hydrogens (primary N) is 1. The number of carbonyl (C=O) groups excluding carboxylic acids is 1. The van der Waals surface area contributed by atoms with E-state index in [2.05, 4.69) is 53.8 Å². The molecule has 116 valence electrons. The molecular weight excluding hydrogens is 292 g/mol. The molecule has 2 aromatic carbocycles. The van der Waals surface area contributed by atoms with Gasteiger partial charge in [-0.15, -0.1) is 11.8 Å². The first-order chi connectivity index (χ1) is 10.6. The van der Waals surface area contributed by atoms with Gasteiger partial charge in [-0.1, -0.05) is 49.4 Å². The number of hydrogen-bond acceptors (Lipinski definition) is 3. The average molecular weight is 314 g/mol. The second kappa shape index (κ2) is 8.61. The van der Waals surface area contributed by atoms with E-state index >= 15 is 0 Å². The average Bonchev–Trinajstić information content (AvgIpc) is 2.55. The minimum Gasteiger partial charge on any atom is -0.369 e. The topological polar surface area (TPSA) is 55.1 Å². The van der Waals surface area contributed by atoms with Crippen molar-refractivity contribution < 1.29 is 4.79 Å². The summed E-state index contributed by atoms with van der Waals surface area (Å²) in [5, 5.41) is 3.25. The van der Waals surface area contributed by atoms with Gasteiger partial charge in [0.05, 0.1) is 0 Å². The first-order valence-corrected chi connectivity index (χ1v) is 8.39. The second-order valence-corrected chi connectivity index (χ2v) is 6.40. The Morgan fingerprint density at radius 1 is 1.09 bits per heavy atom. The monoisotopic (exact) mass is 314 g/mol. The first kappa shape index (κ1) is 16.6. The van der Waals surface area contributed by atoms with Crippen molar-refractivity contribution in [2.24, 2.45) is 11.7 Å². The van der Waals surface area contributed by atoms with Crippen molar-refractivity contribution in [3.63, 3.8) is 0 Å². The molecule has 1 amide bonds. The molecule has 3 N–H and O–H groups in total. The highest BCUT2D eigenvalue weighted by atomic mass is 32.2. The first-order valence-electron chi connectivity index (χ1n) is 7.41. The zero-order chi connectivity index (χ0) is 15.8. The molecule has 0 saturated carbocycles. The lowest BCUT2D eigenvalue weighted by Gasteiger charge is -2.09. The fourth-order valence-electron chi connectivity index (χ4n) is 1.98. The van der Waals surface area contributed by atoms with Crippen molar-refractivity contribution in [1.29, 1.82) is 0 Å². The third-order valence-electron chi connectivity index (χ3n) is 3.44. The Balaban J connectivity index is 1.76. The van der Waals surface area contributed by atoms with E-state index in [4.69, 9.17) is 5.73 Å². The number of primary amides is 1. The quantitative estimate of drug-likeness (QED) is 0.736. The van der Waals surface area contributed by atoms with Crippen molar-refractivity contribution >= 4 is 17.7 Å². The van der Waals surface area contributed by atoms with Crippen LogP contribution in [-0.2, 0) is 17.1 Å². The highest BCUT2D eigenvalue weighted by Gasteiger charge is 2.07. The van der Waals surface area contributed by atoms with Crippen molar-refractivity contribution in [3.8, 4) is 0 Å². The predicted molar refractivity (Wildman–Crippen MR) is 92.5 cm³/mol. The Bertz CT molecular complexity index is 584. The van der Waals surface area contributed by atoms with Gasteiger partial charge in [0.2, 0.25) is 5.91 Å². The molecular formula is C18H22N2OS. The summed E-state index contributed by atoms with van der Waals surface area (Å²) in [6, 6.07) is 19.0. The molecule has 2 rings (SSSR count). The van der Waals surface area contributed by atoms with E-state index in [1.54, 1.807) is 0 Å². The van der Waals surface area contributed by atoms with Crippen LogP contribution in [0.3, 0.4) is 0 Å². The molecule has 0 radical (unpaired) electrons. The van der Waals surface area contributed by atoms with E-state index in [1.165, 1.54) is 16.0 Å². The molecule has 0 fully saturated rings. The SMILES string of the molecule is CC(CNCc1ccc(SCc2ccccc2)cc1)C(N)=O. The Morgan fingerprint density at radius 2 is 1.77 bits per heavy atom. The van der Waals surface area contributed by atoms with Gasteiger partial charge in [-0.3, -0.25) is 4.79 Å². The van der Waals surface area contributed by atoms with Crippen LogP contribution in [0.15, 0.2) is 59.5 Å². The molecule has 3 nitrogen and oxygen atoms in total. The zero-order valence-electron chi connectivity index (χ0n) is 12.8. The van der Waals surface area contributed by atoms with Crippen molar-refractivity contribution in [2.75, 3.05) is 6.54 Å². The molecule has 22 heavy (non-hydrogen) atoms. The molecule has 0 bridgehead atoms. The van der Waals surface area contributed by atoms with Crippen LogP contribution in [0.2, 0.25) is 0 Å². The molecule has 1 unspecified atom stereocenters. The Kier molecular flexibility index (Phi) is 6.49. The Labute approximate surface area is 136 Å². The van der Waals surface area contributed by atoms with E-state index in [1.807, 2.05) is 24.8 Å². The van der Waals surface area contributed by atoms with Crippen molar-refractivity contribution in [3.05, 3.63) is 65.7 Å². The van der Waals surface area contributed by atoms with Gasteiger partial charge in [0.15, 0.2) is 0 Å². The maximum atomic E-state index is 11.0. The van der Waals surface area contributed by atoms with Gasteiger partial charge in [-0.2, -0.15) is 0 Å². The van der Waals surface area contributed by atoms with Gasteiger partial charge >= 0.3 is 0 Å². The molecule has 0 spiro atoms. The summed E-state index contributed by atoms with van der Waals surface area (Å²) in [5.74, 6) is 0.579. The van der Waals surface area contributed by atoms with E-state index < -0.39 is 0 Å². The number of rotatable bonds is 8. The maximum absolute atomic E-state index is 11.0. The van der Waals surface area contributed by atoms with Crippen LogP contribution in [0.4, 0.5) is 0 Å². The molecule has 0 aliphatic carbocycles. The lowest BCUT2D eigenvalue weighted by atomic mass is 10.1. The van der Waals surface area contributed by atoms with Crippen LogP contribution in [0.5, 0.6) is 0 Å². The fraction of sp³-hybridized carbons (Fsp3) is 0.278. The molecule has 0 aromatic heterocycles. The van der Waals surface area contributed by atoms with Crippen molar-refractivity contribution in [1.82, 2.24) is 5.32 Å². The molecule has 0 aliphatic rings. The summed E-state index contributed by atoms with van der Waals surface area (Å²) in [6.45, 7) is 3.19. The standard InChI is InChI=1S/C18H22N2OS/c1-14(18(19)21)11-20-12-15-7-9-17(10-8-15)22-13-16-5-3-2-4-6-16/h2-10,14,20H,11-13H2,1H3,(H2,19,21). The smallest absolute Gasteiger partial charge is 0.221 e. The number of carbonyl (C=O) groups is 1. The lowest BCUT2D eigenvalue weighted by molar-refractivity contribution is -0.121. The van der Waals surface area contributed by atoms with Gasteiger partial charge < -0.3 is 11.1 Å². The van der Waals surface area contributed by atoms with Gasteiger partial charge in [0, 0.05) is 29.7 Å². The summed E-state index contributed by atoms with van der Waals surface area (Å²) >= 11 is 1.83. The molecule has 0 aliphatic heterocycles. The van der Waals surface area contributed by atoms with Gasteiger partial charge in [0.1, 0.15) is 0 Å². The van der Waals surface area contributed by atoms with Crippen LogP contribution >= 0.6 is 11.8 Å². The molecule has 0 saturated heterocycles.